The van der Waals surface area contributed by atoms with Crippen LogP contribution in [0.15, 0.2) is 24.3 Å². The number of para-hydroxylation sites is 1. The van der Waals surface area contributed by atoms with E-state index in [0.717, 1.165) is 50.1 Å². The predicted octanol–water partition coefficient (Wildman–Crippen LogP) is 2.74. The molecule has 2 aliphatic rings. The number of methoxy groups -OCH3 is 1. The average molecular weight is 346 g/mol. The first kappa shape index (κ1) is 18.2. The summed E-state index contributed by atoms with van der Waals surface area (Å²) in [5.74, 6) is 0.996. The largest absolute Gasteiger partial charge is 0.496 e. The number of carbonyl (C=O) groups is 1. The van der Waals surface area contributed by atoms with Crippen LogP contribution >= 0.6 is 0 Å². The number of amides is 1. The van der Waals surface area contributed by atoms with Crippen molar-refractivity contribution in [2.45, 2.75) is 57.2 Å². The van der Waals surface area contributed by atoms with Gasteiger partial charge in [0, 0.05) is 31.3 Å². The number of nitrogens with zero attached hydrogens (tertiary/aromatic N) is 1. The lowest BCUT2D eigenvalue weighted by atomic mass is 10.1. The second kappa shape index (κ2) is 9.20. The van der Waals surface area contributed by atoms with Crippen molar-refractivity contribution in [2.75, 3.05) is 26.8 Å². The highest BCUT2D eigenvalue weighted by molar-refractivity contribution is 5.78. The molecule has 0 spiro atoms. The van der Waals surface area contributed by atoms with Crippen LogP contribution < -0.4 is 10.1 Å². The van der Waals surface area contributed by atoms with E-state index >= 15 is 0 Å². The summed E-state index contributed by atoms with van der Waals surface area (Å²) >= 11 is 0. The predicted molar refractivity (Wildman–Crippen MR) is 97.6 cm³/mol. The van der Waals surface area contributed by atoms with E-state index < -0.39 is 0 Å². The van der Waals surface area contributed by atoms with E-state index in [1.165, 1.54) is 12.8 Å². The Labute approximate surface area is 150 Å². The van der Waals surface area contributed by atoms with Gasteiger partial charge in [0.1, 0.15) is 5.75 Å². The van der Waals surface area contributed by atoms with E-state index in [1.54, 1.807) is 7.11 Å². The lowest BCUT2D eigenvalue weighted by Gasteiger charge is -2.26. The normalized spacial score (nSPS) is 21.0. The highest BCUT2D eigenvalue weighted by Crippen LogP contribution is 2.21. The minimum Gasteiger partial charge on any atom is -0.496 e. The summed E-state index contributed by atoms with van der Waals surface area (Å²) in [6.07, 6.45) is 7.11. The molecule has 0 radical (unpaired) electrons. The van der Waals surface area contributed by atoms with Crippen molar-refractivity contribution < 1.29 is 14.3 Å². The molecule has 138 valence electrons. The minimum atomic E-state index is 0.125. The van der Waals surface area contributed by atoms with E-state index in [4.69, 9.17) is 9.47 Å². The third-order valence-electron chi connectivity index (χ3n) is 5.16. The lowest BCUT2D eigenvalue weighted by molar-refractivity contribution is -0.123. The summed E-state index contributed by atoms with van der Waals surface area (Å²) in [5.41, 5.74) is 1.11. The number of ether oxygens (including phenoxy) is 2. The fourth-order valence-electron chi connectivity index (χ4n) is 3.88. The van der Waals surface area contributed by atoms with Gasteiger partial charge in [-0.3, -0.25) is 9.69 Å². The molecule has 1 amide bonds. The Hall–Kier alpha value is -1.59. The molecule has 1 unspecified atom stereocenters. The molecule has 1 aromatic rings. The van der Waals surface area contributed by atoms with Crippen molar-refractivity contribution in [3.8, 4) is 5.75 Å². The van der Waals surface area contributed by atoms with Crippen LogP contribution in [0.2, 0.25) is 0 Å². The molecule has 5 heteroatoms. The fourth-order valence-corrected chi connectivity index (χ4v) is 3.88. The van der Waals surface area contributed by atoms with Gasteiger partial charge >= 0.3 is 0 Å². The molecule has 0 aromatic heterocycles. The smallest absolute Gasteiger partial charge is 0.234 e. The van der Waals surface area contributed by atoms with Gasteiger partial charge in [0.2, 0.25) is 5.91 Å². The summed E-state index contributed by atoms with van der Waals surface area (Å²) in [4.78, 5) is 14.7. The number of carbonyl (C=O) groups excluding carboxylic acids is 1. The molecule has 1 aliphatic heterocycles. The molecule has 1 saturated heterocycles. The highest BCUT2D eigenvalue weighted by atomic mass is 16.5. The highest BCUT2D eigenvalue weighted by Gasteiger charge is 2.23. The first-order valence-electron chi connectivity index (χ1n) is 9.50. The van der Waals surface area contributed by atoms with Gasteiger partial charge in [-0.15, -0.1) is 0 Å². The third kappa shape index (κ3) is 5.44. The van der Waals surface area contributed by atoms with E-state index in [0.29, 0.717) is 19.1 Å². The molecule has 1 aromatic carbocycles. The van der Waals surface area contributed by atoms with Crippen LogP contribution in [0, 0.1) is 0 Å². The number of benzene rings is 1. The van der Waals surface area contributed by atoms with Crippen molar-refractivity contribution in [2.24, 2.45) is 0 Å². The topological polar surface area (TPSA) is 50.8 Å². The average Bonchev–Trinajstić information content (AvgIpc) is 3.29. The molecule has 0 bridgehead atoms. The van der Waals surface area contributed by atoms with Crippen LogP contribution in [-0.4, -0.2) is 49.8 Å². The Kier molecular flexibility index (Phi) is 6.70. The van der Waals surface area contributed by atoms with Crippen LogP contribution in [0.25, 0.3) is 0 Å². The van der Waals surface area contributed by atoms with Crippen LogP contribution in [0.1, 0.15) is 44.1 Å². The van der Waals surface area contributed by atoms with Crippen LogP contribution in [0.3, 0.4) is 0 Å². The molecule has 1 aliphatic carbocycles. The van der Waals surface area contributed by atoms with Gasteiger partial charge in [-0.2, -0.15) is 0 Å². The maximum atomic E-state index is 12.5. The molecule has 25 heavy (non-hydrogen) atoms. The van der Waals surface area contributed by atoms with Gasteiger partial charge in [-0.25, -0.2) is 0 Å². The lowest BCUT2D eigenvalue weighted by Crippen LogP contribution is -2.43. The van der Waals surface area contributed by atoms with E-state index in [9.17, 15) is 4.79 Å². The Balaban J connectivity index is 1.62. The molecular weight excluding hydrogens is 316 g/mol. The van der Waals surface area contributed by atoms with Crippen molar-refractivity contribution in [1.29, 1.82) is 0 Å². The van der Waals surface area contributed by atoms with Gasteiger partial charge in [0.05, 0.1) is 19.8 Å². The first-order valence-corrected chi connectivity index (χ1v) is 9.50. The van der Waals surface area contributed by atoms with Gasteiger partial charge in [-0.1, -0.05) is 31.0 Å². The maximum absolute atomic E-state index is 12.5. The molecular formula is C20H30N2O3. The zero-order valence-corrected chi connectivity index (χ0v) is 15.2. The number of hydrogen-bond acceptors (Lipinski definition) is 4. The molecule has 5 nitrogen and oxygen atoms in total. The Morgan fingerprint density at radius 2 is 2.04 bits per heavy atom. The number of rotatable bonds is 8. The van der Waals surface area contributed by atoms with Crippen molar-refractivity contribution in [3.05, 3.63) is 29.8 Å². The summed E-state index contributed by atoms with van der Waals surface area (Å²) in [6.45, 7) is 2.73. The first-order chi connectivity index (χ1) is 12.2. The van der Waals surface area contributed by atoms with E-state index in [-0.39, 0.29) is 12.0 Å². The van der Waals surface area contributed by atoms with Crippen molar-refractivity contribution in [3.63, 3.8) is 0 Å². The third-order valence-corrected chi connectivity index (χ3v) is 5.16. The second-order valence-corrected chi connectivity index (χ2v) is 7.17. The summed E-state index contributed by atoms with van der Waals surface area (Å²) in [6, 6.07) is 8.39. The quantitative estimate of drug-likeness (QED) is 0.786. The van der Waals surface area contributed by atoms with Gasteiger partial charge in [0.25, 0.3) is 0 Å². The Bertz CT molecular complexity index is 552. The van der Waals surface area contributed by atoms with E-state index in [2.05, 4.69) is 16.3 Å². The zero-order chi connectivity index (χ0) is 17.5. The minimum absolute atomic E-state index is 0.125. The molecule has 1 atom stereocenters. The summed E-state index contributed by atoms with van der Waals surface area (Å²) < 4.78 is 11.3. The molecule has 1 heterocycles. The van der Waals surface area contributed by atoms with Gasteiger partial charge < -0.3 is 14.8 Å². The Morgan fingerprint density at radius 1 is 1.24 bits per heavy atom. The molecule has 2 fully saturated rings. The number of hydrogen-bond donors (Lipinski definition) is 1. The van der Waals surface area contributed by atoms with Crippen molar-refractivity contribution in [1.82, 2.24) is 10.2 Å². The second-order valence-electron chi connectivity index (χ2n) is 7.17. The summed E-state index contributed by atoms with van der Waals surface area (Å²) in [5, 5.41) is 3.20. The molecule has 1 saturated carbocycles. The van der Waals surface area contributed by atoms with Crippen LogP contribution in [-0.2, 0) is 16.1 Å². The number of nitrogens with one attached hydrogen (secondary N) is 1. The van der Waals surface area contributed by atoms with Crippen molar-refractivity contribution >= 4 is 5.91 Å². The molecule has 1 N–H and O–H groups in total. The standard InChI is InChI=1S/C20H30N2O3/c1-24-19-11-5-2-7-16(19)13-22(14-18-10-6-12-25-18)15-20(23)21-17-8-3-4-9-17/h2,5,7,11,17-18H,3-4,6,8-10,12-15H2,1H3,(H,21,23). The monoisotopic (exact) mass is 346 g/mol. The van der Waals surface area contributed by atoms with Crippen LogP contribution in [0.4, 0.5) is 0 Å². The molecule has 3 rings (SSSR count). The Morgan fingerprint density at radius 3 is 2.76 bits per heavy atom. The van der Waals surface area contributed by atoms with Gasteiger partial charge in [-0.05, 0) is 31.7 Å². The SMILES string of the molecule is COc1ccccc1CN(CC(=O)NC1CCCC1)CC1CCCO1. The maximum Gasteiger partial charge on any atom is 0.234 e. The van der Waals surface area contributed by atoms with E-state index in [1.807, 2.05) is 18.2 Å². The van der Waals surface area contributed by atoms with Gasteiger partial charge in [0.15, 0.2) is 0 Å². The zero-order valence-electron chi connectivity index (χ0n) is 15.2. The summed E-state index contributed by atoms with van der Waals surface area (Å²) in [7, 11) is 1.69. The van der Waals surface area contributed by atoms with Crippen LogP contribution in [0.5, 0.6) is 5.75 Å². The fraction of sp³-hybridized carbons (Fsp3) is 0.650.